The van der Waals surface area contributed by atoms with Crippen molar-refractivity contribution in [2.75, 3.05) is 11.9 Å². The molecule has 0 N–H and O–H groups in total. The second-order valence-corrected chi connectivity index (χ2v) is 5.66. The largest absolute Gasteiger partial charge is 0.335 e. The van der Waals surface area contributed by atoms with E-state index in [4.69, 9.17) is 0 Å². The van der Waals surface area contributed by atoms with Crippen LogP contribution >= 0.6 is 15.9 Å². The lowest BCUT2D eigenvalue weighted by molar-refractivity contribution is 0.0686. The van der Waals surface area contributed by atoms with E-state index in [1.165, 1.54) is 4.90 Å². The Kier molecular flexibility index (Phi) is 5.07. The van der Waals surface area contributed by atoms with Gasteiger partial charge in [-0.2, -0.15) is 0 Å². The molecule has 6 heteroatoms. The van der Waals surface area contributed by atoms with Crippen molar-refractivity contribution in [3.63, 3.8) is 0 Å². The van der Waals surface area contributed by atoms with E-state index in [1.807, 2.05) is 0 Å². The lowest BCUT2D eigenvalue weighted by atomic mass is 10.1. The van der Waals surface area contributed by atoms with Gasteiger partial charge in [-0.1, -0.05) is 28.8 Å². The van der Waals surface area contributed by atoms with Gasteiger partial charge in [-0.05, 0) is 12.8 Å². The first-order chi connectivity index (χ1) is 9.54. The zero-order valence-electron chi connectivity index (χ0n) is 10.8. The quantitative estimate of drug-likeness (QED) is 0.755. The summed E-state index contributed by atoms with van der Waals surface area (Å²) in [6.07, 6.45) is 3.68. The SMILES string of the molecule is O=C(c1c(F)cc(F)cc1F)N(CCBr)C1CCCC1. The number of halogens is 4. The molecule has 20 heavy (non-hydrogen) atoms. The van der Waals surface area contributed by atoms with Crippen molar-refractivity contribution in [1.82, 2.24) is 4.90 Å². The summed E-state index contributed by atoms with van der Waals surface area (Å²) in [6.45, 7) is 0.375. The molecule has 0 aliphatic heterocycles. The topological polar surface area (TPSA) is 20.3 Å². The third-order valence-corrected chi connectivity index (χ3v) is 3.93. The smallest absolute Gasteiger partial charge is 0.260 e. The highest BCUT2D eigenvalue weighted by Gasteiger charge is 2.30. The molecule has 0 saturated heterocycles. The Hall–Kier alpha value is -1.04. The Labute approximate surface area is 124 Å². The Bertz CT molecular complexity index is 480. The van der Waals surface area contributed by atoms with Crippen LogP contribution in [-0.2, 0) is 0 Å². The maximum Gasteiger partial charge on any atom is 0.260 e. The Balaban J connectivity index is 2.31. The lowest BCUT2D eigenvalue weighted by Crippen LogP contribution is -2.41. The number of carbonyl (C=O) groups excluding carboxylic acids is 1. The normalized spacial score (nSPS) is 15.6. The molecule has 2 rings (SSSR count). The molecule has 1 saturated carbocycles. The molecule has 1 aliphatic rings. The van der Waals surface area contributed by atoms with Gasteiger partial charge in [0.2, 0.25) is 0 Å². The summed E-state index contributed by atoms with van der Waals surface area (Å²) in [5.74, 6) is -4.02. The van der Waals surface area contributed by atoms with Gasteiger partial charge in [0.15, 0.2) is 0 Å². The van der Waals surface area contributed by atoms with Gasteiger partial charge in [0.1, 0.15) is 23.0 Å². The summed E-state index contributed by atoms with van der Waals surface area (Å²) in [5.41, 5.74) is -0.667. The first-order valence-electron chi connectivity index (χ1n) is 6.56. The van der Waals surface area contributed by atoms with Gasteiger partial charge in [0.25, 0.3) is 5.91 Å². The summed E-state index contributed by atoms with van der Waals surface area (Å²) in [7, 11) is 0. The third kappa shape index (κ3) is 3.16. The van der Waals surface area contributed by atoms with Crippen molar-refractivity contribution in [3.8, 4) is 0 Å². The van der Waals surface area contributed by atoms with E-state index in [0.29, 0.717) is 24.0 Å². The molecule has 1 aliphatic carbocycles. The number of hydrogen-bond acceptors (Lipinski definition) is 1. The van der Waals surface area contributed by atoms with Crippen LogP contribution in [0.3, 0.4) is 0 Å². The summed E-state index contributed by atoms with van der Waals surface area (Å²) in [4.78, 5) is 13.9. The third-order valence-electron chi connectivity index (χ3n) is 3.57. The Morgan fingerprint density at radius 3 is 2.25 bits per heavy atom. The van der Waals surface area contributed by atoms with Crippen LogP contribution in [0.5, 0.6) is 0 Å². The molecule has 0 heterocycles. The summed E-state index contributed by atoms with van der Waals surface area (Å²) in [5, 5.41) is 0.527. The zero-order valence-corrected chi connectivity index (χ0v) is 12.4. The Morgan fingerprint density at radius 2 is 1.75 bits per heavy atom. The first-order valence-corrected chi connectivity index (χ1v) is 7.68. The molecule has 1 amide bonds. The van der Waals surface area contributed by atoms with E-state index in [0.717, 1.165) is 25.7 Å². The molecule has 1 aromatic carbocycles. The number of carbonyl (C=O) groups is 1. The van der Waals surface area contributed by atoms with E-state index >= 15 is 0 Å². The predicted molar refractivity (Wildman–Crippen MR) is 73.4 cm³/mol. The summed E-state index contributed by atoms with van der Waals surface area (Å²) < 4.78 is 40.3. The molecule has 1 fully saturated rings. The van der Waals surface area contributed by atoms with Crippen LogP contribution in [0, 0.1) is 17.5 Å². The zero-order chi connectivity index (χ0) is 14.7. The molecular weight excluding hydrogens is 335 g/mol. The van der Waals surface area contributed by atoms with Crippen LogP contribution in [0.1, 0.15) is 36.0 Å². The second kappa shape index (κ2) is 6.61. The van der Waals surface area contributed by atoms with Crippen LogP contribution < -0.4 is 0 Å². The van der Waals surface area contributed by atoms with Crippen LogP contribution in [0.15, 0.2) is 12.1 Å². The molecule has 2 nitrogen and oxygen atoms in total. The molecule has 110 valence electrons. The van der Waals surface area contributed by atoms with E-state index in [2.05, 4.69) is 15.9 Å². The van der Waals surface area contributed by atoms with Crippen LogP contribution in [0.2, 0.25) is 0 Å². The van der Waals surface area contributed by atoms with E-state index < -0.39 is 28.9 Å². The minimum atomic E-state index is -1.15. The lowest BCUT2D eigenvalue weighted by Gasteiger charge is -2.28. The van der Waals surface area contributed by atoms with Crippen molar-refractivity contribution >= 4 is 21.8 Å². The minimum Gasteiger partial charge on any atom is -0.335 e. The fraction of sp³-hybridized carbons (Fsp3) is 0.500. The van der Waals surface area contributed by atoms with Crippen molar-refractivity contribution in [3.05, 3.63) is 35.1 Å². The van der Waals surface area contributed by atoms with Gasteiger partial charge >= 0.3 is 0 Å². The van der Waals surface area contributed by atoms with Crippen LogP contribution in [-0.4, -0.2) is 28.7 Å². The first kappa shape index (κ1) is 15.4. The maximum absolute atomic E-state index is 13.7. The van der Waals surface area contributed by atoms with Crippen LogP contribution in [0.25, 0.3) is 0 Å². The monoisotopic (exact) mass is 349 g/mol. The van der Waals surface area contributed by atoms with Gasteiger partial charge < -0.3 is 4.90 Å². The number of benzene rings is 1. The molecular formula is C14H15BrF3NO. The van der Waals surface area contributed by atoms with Gasteiger partial charge in [0, 0.05) is 30.0 Å². The maximum atomic E-state index is 13.7. The van der Waals surface area contributed by atoms with Crippen molar-refractivity contribution in [2.45, 2.75) is 31.7 Å². The molecule has 0 spiro atoms. The predicted octanol–water partition coefficient (Wildman–Crippen LogP) is 3.88. The van der Waals surface area contributed by atoms with Crippen molar-refractivity contribution < 1.29 is 18.0 Å². The fourth-order valence-corrected chi connectivity index (χ4v) is 3.03. The molecule has 0 aromatic heterocycles. The van der Waals surface area contributed by atoms with E-state index in [9.17, 15) is 18.0 Å². The minimum absolute atomic E-state index is 0.00361. The number of amides is 1. The van der Waals surface area contributed by atoms with Gasteiger partial charge in [-0.25, -0.2) is 13.2 Å². The van der Waals surface area contributed by atoms with Gasteiger partial charge in [-0.3, -0.25) is 4.79 Å². The van der Waals surface area contributed by atoms with Crippen LogP contribution in [0.4, 0.5) is 13.2 Å². The van der Waals surface area contributed by atoms with Crippen molar-refractivity contribution in [2.24, 2.45) is 0 Å². The Morgan fingerprint density at radius 1 is 1.20 bits per heavy atom. The molecule has 0 atom stereocenters. The molecule has 0 bridgehead atoms. The highest BCUT2D eigenvalue weighted by Crippen LogP contribution is 2.26. The highest BCUT2D eigenvalue weighted by molar-refractivity contribution is 9.09. The molecule has 0 unspecified atom stereocenters. The number of hydrogen-bond donors (Lipinski definition) is 0. The number of rotatable bonds is 4. The average molecular weight is 350 g/mol. The highest BCUT2D eigenvalue weighted by atomic mass is 79.9. The standard InChI is InChI=1S/C14H15BrF3NO/c15-5-6-19(10-3-1-2-4-10)14(20)13-11(17)7-9(16)8-12(13)18/h7-8,10H,1-6H2. The van der Waals surface area contributed by atoms with E-state index in [-0.39, 0.29) is 6.04 Å². The van der Waals surface area contributed by atoms with Gasteiger partial charge in [-0.15, -0.1) is 0 Å². The second-order valence-electron chi connectivity index (χ2n) is 4.87. The average Bonchev–Trinajstić information content (AvgIpc) is 2.87. The number of nitrogens with zero attached hydrogens (tertiary/aromatic N) is 1. The van der Waals surface area contributed by atoms with Crippen molar-refractivity contribution in [1.29, 1.82) is 0 Å². The molecule has 0 radical (unpaired) electrons. The fourth-order valence-electron chi connectivity index (χ4n) is 2.65. The summed E-state index contributed by atoms with van der Waals surface area (Å²) >= 11 is 3.25. The van der Waals surface area contributed by atoms with Gasteiger partial charge in [0.05, 0.1) is 0 Å². The number of alkyl halides is 1. The molecule has 1 aromatic rings. The summed E-state index contributed by atoms with van der Waals surface area (Å²) in [6, 6.07) is 1.08. The van der Waals surface area contributed by atoms with E-state index in [1.54, 1.807) is 0 Å².